The molecule has 0 unspecified atom stereocenters. The first-order valence-corrected chi connectivity index (χ1v) is 4.85. The largest absolute Gasteiger partial charge is 0.356 e. The van der Waals surface area contributed by atoms with Crippen molar-refractivity contribution in [2.24, 2.45) is 5.92 Å². The molecule has 0 fully saturated rings. The standard InChI is InChI=1S/C10H22O2/c1-5-7-9(8-6-2)10(11-3)12-4/h9-10H,5-8H2,1-4H3. The minimum atomic E-state index is -0.00935. The number of methoxy groups -OCH3 is 2. The number of hydrogen-bond acceptors (Lipinski definition) is 2. The lowest BCUT2D eigenvalue weighted by Crippen LogP contribution is -2.24. The van der Waals surface area contributed by atoms with Crippen LogP contribution in [0.4, 0.5) is 0 Å². The Balaban J connectivity index is 3.86. The van der Waals surface area contributed by atoms with Crippen molar-refractivity contribution in [3.8, 4) is 0 Å². The lowest BCUT2D eigenvalue weighted by molar-refractivity contribution is -0.140. The molecule has 0 aliphatic heterocycles. The van der Waals surface area contributed by atoms with Crippen LogP contribution in [0.1, 0.15) is 39.5 Å². The van der Waals surface area contributed by atoms with Gasteiger partial charge in [-0.1, -0.05) is 26.7 Å². The lowest BCUT2D eigenvalue weighted by Gasteiger charge is -2.23. The van der Waals surface area contributed by atoms with Gasteiger partial charge in [-0.25, -0.2) is 0 Å². The van der Waals surface area contributed by atoms with Gasteiger partial charge in [0, 0.05) is 20.1 Å². The van der Waals surface area contributed by atoms with E-state index < -0.39 is 0 Å². The molecule has 0 rings (SSSR count). The van der Waals surface area contributed by atoms with Gasteiger partial charge in [0.25, 0.3) is 0 Å². The molecular formula is C10H22O2. The molecule has 0 N–H and O–H groups in total. The Morgan fingerprint density at radius 1 is 0.917 bits per heavy atom. The minimum Gasteiger partial charge on any atom is -0.356 e. The van der Waals surface area contributed by atoms with Crippen LogP contribution in [0.5, 0.6) is 0 Å². The summed E-state index contributed by atoms with van der Waals surface area (Å²) in [4.78, 5) is 0. The first kappa shape index (κ1) is 11.9. The van der Waals surface area contributed by atoms with Gasteiger partial charge in [-0.05, 0) is 12.8 Å². The van der Waals surface area contributed by atoms with Crippen LogP contribution in [-0.4, -0.2) is 20.5 Å². The maximum atomic E-state index is 5.24. The Morgan fingerprint density at radius 3 is 1.58 bits per heavy atom. The molecule has 74 valence electrons. The molecule has 0 spiro atoms. The van der Waals surface area contributed by atoms with Gasteiger partial charge in [0.05, 0.1) is 0 Å². The molecule has 0 aromatic rings. The van der Waals surface area contributed by atoms with Gasteiger partial charge in [-0.3, -0.25) is 0 Å². The molecule has 0 aromatic carbocycles. The second kappa shape index (κ2) is 7.56. The van der Waals surface area contributed by atoms with Crippen molar-refractivity contribution in [3.05, 3.63) is 0 Å². The van der Waals surface area contributed by atoms with Crippen molar-refractivity contribution in [2.45, 2.75) is 45.8 Å². The minimum absolute atomic E-state index is 0.00935. The average molecular weight is 174 g/mol. The lowest BCUT2D eigenvalue weighted by atomic mass is 9.98. The van der Waals surface area contributed by atoms with Crippen molar-refractivity contribution in [1.82, 2.24) is 0 Å². The molecule has 0 saturated heterocycles. The monoisotopic (exact) mass is 174 g/mol. The van der Waals surface area contributed by atoms with E-state index in [9.17, 15) is 0 Å². The highest BCUT2D eigenvalue weighted by molar-refractivity contribution is 4.61. The Morgan fingerprint density at radius 2 is 1.33 bits per heavy atom. The molecule has 0 amide bonds. The van der Waals surface area contributed by atoms with Crippen LogP contribution < -0.4 is 0 Å². The highest BCUT2D eigenvalue weighted by Gasteiger charge is 2.18. The maximum absolute atomic E-state index is 5.24. The third kappa shape index (κ3) is 4.07. The number of ether oxygens (including phenoxy) is 2. The number of hydrogen-bond donors (Lipinski definition) is 0. The molecule has 0 aliphatic carbocycles. The Labute approximate surface area is 76.3 Å². The number of rotatable bonds is 7. The fourth-order valence-electron chi connectivity index (χ4n) is 1.64. The highest BCUT2D eigenvalue weighted by Crippen LogP contribution is 2.20. The van der Waals surface area contributed by atoms with E-state index in [1.54, 1.807) is 14.2 Å². The normalized spacial score (nSPS) is 11.5. The van der Waals surface area contributed by atoms with E-state index >= 15 is 0 Å². The third-order valence-electron chi connectivity index (χ3n) is 2.17. The van der Waals surface area contributed by atoms with Crippen LogP contribution in [0.2, 0.25) is 0 Å². The van der Waals surface area contributed by atoms with Crippen LogP contribution in [0.25, 0.3) is 0 Å². The first-order chi connectivity index (χ1) is 5.79. The molecule has 12 heavy (non-hydrogen) atoms. The zero-order chi connectivity index (χ0) is 9.40. The Kier molecular flexibility index (Phi) is 7.51. The molecule has 0 bridgehead atoms. The van der Waals surface area contributed by atoms with Gasteiger partial charge < -0.3 is 9.47 Å². The van der Waals surface area contributed by atoms with Crippen molar-refractivity contribution >= 4 is 0 Å². The summed E-state index contributed by atoms with van der Waals surface area (Å²) in [5, 5.41) is 0. The molecule has 0 aliphatic rings. The summed E-state index contributed by atoms with van der Waals surface area (Å²) in [5.41, 5.74) is 0. The summed E-state index contributed by atoms with van der Waals surface area (Å²) in [7, 11) is 3.43. The first-order valence-electron chi connectivity index (χ1n) is 4.85. The second-order valence-corrected chi connectivity index (χ2v) is 3.18. The predicted octanol–water partition coefficient (Wildman–Crippen LogP) is 2.82. The zero-order valence-corrected chi connectivity index (χ0v) is 8.80. The van der Waals surface area contributed by atoms with Gasteiger partial charge in [0.1, 0.15) is 0 Å². The highest BCUT2D eigenvalue weighted by atomic mass is 16.7. The van der Waals surface area contributed by atoms with Crippen LogP contribution in [0.15, 0.2) is 0 Å². The topological polar surface area (TPSA) is 18.5 Å². The summed E-state index contributed by atoms with van der Waals surface area (Å²) in [6.45, 7) is 4.40. The average Bonchev–Trinajstić information content (AvgIpc) is 2.07. The summed E-state index contributed by atoms with van der Waals surface area (Å²) < 4.78 is 10.5. The summed E-state index contributed by atoms with van der Waals surface area (Å²) in [6, 6.07) is 0. The van der Waals surface area contributed by atoms with Crippen molar-refractivity contribution in [1.29, 1.82) is 0 Å². The summed E-state index contributed by atoms with van der Waals surface area (Å²) in [6.07, 6.45) is 4.78. The maximum Gasteiger partial charge on any atom is 0.159 e. The van der Waals surface area contributed by atoms with Gasteiger partial charge in [0.2, 0.25) is 0 Å². The van der Waals surface area contributed by atoms with Crippen molar-refractivity contribution in [3.63, 3.8) is 0 Å². The van der Waals surface area contributed by atoms with Crippen molar-refractivity contribution < 1.29 is 9.47 Å². The van der Waals surface area contributed by atoms with Crippen molar-refractivity contribution in [2.75, 3.05) is 14.2 Å². The second-order valence-electron chi connectivity index (χ2n) is 3.18. The molecule has 0 aromatic heterocycles. The van der Waals surface area contributed by atoms with E-state index in [-0.39, 0.29) is 6.29 Å². The predicted molar refractivity (Wildman–Crippen MR) is 51.1 cm³/mol. The van der Waals surface area contributed by atoms with Crippen LogP contribution in [0, 0.1) is 5.92 Å². The quantitative estimate of drug-likeness (QED) is 0.552. The smallest absolute Gasteiger partial charge is 0.159 e. The Hall–Kier alpha value is -0.0800. The molecular weight excluding hydrogens is 152 g/mol. The summed E-state index contributed by atoms with van der Waals surface area (Å²) >= 11 is 0. The van der Waals surface area contributed by atoms with Crippen LogP contribution in [-0.2, 0) is 9.47 Å². The van der Waals surface area contributed by atoms with Gasteiger partial charge in [-0.15, -0.1) is 0 Å². The fourth-order valence-corrected chi connectivity index (χ4v) is 1.64. The van der Waals surface area contributed by atoms with E-state index in [4.69, 9.17) is 9.47 Å². The van der Waals surface area contributed by atoms with E-state index in [1.807, 2.05) is 0 Å². The third-order valence-corrected chi connectivity index (χ3v) is 2.17. The van der Waals surface area contributed by atoms with E-state index in [1.165, 1.54) is 25.7 Å². The van der Waals surface area contributed by atoms with Gasteiger partial charge >= 0.3 is 0 Å². The molecule has 2 heteroatoms. The fraction of sp³-hybridized carbons (Fsp3) is 1.00. The van der Waals surface area contributed by atoms with E-state index in [2.05, 4.69) is 13.8 Å². The Bertz CT molecular complexity index is 83.8. The van der Waals surface area contributed by atoms with E-state index in [0.717, 1.165) is 0 Å². The van der Waals surface area contributed by atoms with E-state index in [0.29, 0.717) is 5.92 Å². The molecule has 0 saturated carbocycles. The molecule has 0 radical (unpaired) electrons. The molecule has 2 nitrogen and oxygen atoms in total. The van der Waals surface area contributed by atoms with Gasteiger partial charge in [-0.2, -0.15) is 0 Å². The van der Waals surface area contributed by atoms with Crippen LogP contribution in [0.3, 0.4) is 0 Å². The zero-order valence-electron chi connectivity index (χ0n) is 8.80. The summed E-state index contributed by atoms with van der Waals surface area (Å²) in [5.74, 6) is 0.565. The van der Waals surface area contributed by atoms with Gasteiger partial charge in [0.15, 0.2) is 6.29 Å². The van der Waals surface area contributed by atoms with Crippen LogP contribution >= 0.6 is 0 Å². The molecule has 0 heterocycles. The molecule has 0 atom stereocenters. The SMILES string of the molecule is CCCC(CCC)C(OC)OC.